The van der Waals surface area contributed by atoms with E-state index in [1.807, 2.05) is 73.7 Å². The number of hydrogen-bond acceptors (Lipinski definition) is 3. The van der Waals surface area contributed by atoms with E-state index in [0.717, 1.165) is 20.6 Å². The predicted molar refractivity (Wildman–Crippen MR) is 110 cm³/mol. The predicted octanol–water partition coefficient (Wildman–Crippen LogP) is 4.76. The van der Waals surface area contributed by atoms with Crippen LogP contribution in [0.3, 0.4) is 0 Å². The highest BCUT2D eigenvalue weighted by Gasteiger charge is 2.12. The fourth-order valence-electron chi connectivity index (χ4n) is 2.48. The summed E-state index contributed by atoms with van der Waals surface area (Å²) in [6, 6.07) is 20.9. The molecule has 0 saturated heterocycles. The Hall–Kier alpha value is -2.41. The maximum absolute atomic E-state index is 12.4. The molecule has 0 aliphatic rings. The lowest BCUT2D eigenvalue weighted by molar-refractivity contribution is 0.0940. The van der Waals surface area contributed by atoms with Gasteiger partial charge in [0.2, 0.25) is 0 Å². The van der Waals surface area contributed by atoms with Gasteiger partial charge in [-0.15, -0.1) is 0 Å². The Morgan fingerprint density at radius 2 is 1.92 bits per heavy atom. The van der Waals surface area contributed by atoms with E-state index in [1.54, 1.807) is 6.20 Å². The second-order valence-electron chi connectivity index (χ2n) is 5.88. The van der Waals surface area contributed by atoms with E-state index in [1.165, 1.54) is 0 Å². The molecule has 0 spiro atoms. The monoisotopic (exact) mass is 458 g/mol. The molecule has 0 saturated carbocycles. The molecule has 1 N–H and O–H groups in total. The molecular weight excluding hydrogens is 439 g/mol. The van der Waals surface area contributed by atoms with Crippen LogP contribution in [0.25, 0.3) is 0 Å². The fraction of sp³-hybridized carbons (Fsp3) is 0.143. The van der Waals surface area contributed by atoms with Crippen molar-refractivity contribution < 1.29 is 9.53 Å². The van der Waals surface area contributed by atoms with Crippen molar-refractivity contribution in [1.82, 2.24) is 10.3 Å². The number of pyridine rings is 1. The van der Waals surface area contributed by atoms with Crippen LogP contribution in [-0.4, -0.2) is 10.9 Å². The van der Waals surface area contributed by atoms with E-state index < -0.39 is 0 Å². The Balaban J connectivity index is 1.63. The number of carbonyl (C=O) groups excluding carboxylic acids is 1. The Kier molecular flexibility index (Phi) is 6.22. The lowest BCUT2D eigenvalue weighted by Gasteiger charge is -2.16. The van der Waals surface area contributed by atoms with E-state index in [9.17, 15) is 4.79 Å². The topological polar surface area (TPSA) is 51.2 Å². The molecule has 3 rings (SSSR count). The standard InChI is InChI=1S/C21H19IN2O2/c1-15(24-21(25)16-8-10-18(22)11-9-16)17-5-4-7-20(13-17)26-14-19-6-2-3-12-23-19/h2-13,15H,14H2,1H3,(H,24,25). The molecule has 1 aromatic heterocycles. The SMILES string of the molecule is CC(NC(=O)c1ccc(I)cc1)c1cccc(OCc2ccccn2)c1. The van der Waals surface area contributed by atoms with Gasteiger partial charge in [-0.25, -0.2) is 0 Å². The molecule has 0 bridgehead atoms. The summed E-state index contributed by atoms with van der Waals surface area (Å²) in [6.45, 7) is 2.37. The number of amides is 1. The normalized spacial score (nSPS) is 11.6. The van der Waals surface area contributed by atoms with Crippen LogP contribution in [0.2, 0.25) is 0 Å². The van der Waals surface area contributed by atoms with Crippen molar-refractivity contribution in [2.45, 2.75) is 19.6 Å². The number of ether oxygens (including phenoxy) is 1. The van der Waals surface area contributed by atoms with E-state index in [-0.39, 0.29) is 11.9 Å². The number of carbonyl (C=O) groups is 1. The Morgan fingerprint density at radius 1 is 1.12 bits per heavy atom. The maximum Gasteiger partial charge on any atom is 0.251 e. The van der Waals surface area contributed by atoms with E-state index in [4.69, 9.17) is 4.74 Å². The summed E-state index contributed by atoms with van der Waals surface area (Å²) in [5.41, 5.74) is 2.51. The first kappa shape index (κ1) is 18.4. The smallest absolute Gasteiger partial charge is 0.251 e. The lowest BCUT2D eigenvalue weighted by Crippen LogP contribution is -2.26. The third-order valence-electron chi connectivity index (χ3n) is 3.92. The van der Waals surface area contributed by atoms with Gasteiger partial charge in [0.15, 0.2) is 0 Å². The molecule has 2 aromatic carbocycles. The molecule has 1 atom stereocenters. The number of halogens is 1. The van der Waals surface area contributed by atoms with Crippen LogP contribution in [-0.2, 0) is 6.61 Å². The maximum atomic E-state index is 12.4. The Morgan fingerprint density at radius 3 is 2.65 bits per heavy atom. The van der Waals surface area contributed by atoms with Crippen molar-refractivity contribution >= 4 is 28.5 Å². The first-order valence-corrected chi connectivity index (χ1v) is 9.39. The van der Waals surface area contributed by atoms with Crippen molar-refractivity contribution in [2.75, 3.05) is 0 Å². The minimum atomic E-state index is -0.125. The number of nitrogens with zero attached hydrogens (tertiary/aromatic N) is 1. The molecule has 0 aliphatic carbocycles. The number of aromatic nitrogens is 1. The van der Waals surface area contributed by atoms with E-state index in [0.29, 0.717) is 12.2 Å². The largest absolute Gasteiger partial charge is 0.487 e. The molecule has 132 valence electrons. The zero-order chi connectivity index (χ0) is 18.4. The zero-order valence-corrected chi connectivity index (χ0v) is 16.5. The zero-order valence-electron chi connectivity index (χ0n) is 14.4. The van der Waals surface area contributed by atoms with Gasteiger partial charge in [0.1, 0.15) is 12.4 Å². The average Bonchev–Trinajstić information content (AvgIpc) is 2.68. The minimum absolute atomic E-state index is 0.0892. The van der Waals surface area contributed by atoms with Crippen molar-refractivity contribution in [2.24, 2.45) is 0 Å². The molecule has 26 heavy (non-hydrogen) atoms. The molecule has 0 fully saturated rings. The van der Waals surface area contributed by atoms with Crippen LogP contribution < -0.4 is 10.1 Å². The highest BCUT2D eigenvalue weighted by Crippen LogP contribution is 2.20. The molecule has 1 heterocycles. The van der Waals surface area contributed by atoms with Gasteiger partial charge in [-0.2, -0.15) is 0 Å². The van der Waals surface area contributed by atoms with Crippen LogP contribution >= 0.6 is 22.6 Å². The average molecular weight is 458 g/mol. The quantitative estimate of drug-likeness (QED) is 0.543. The van der Waals surface area contributed by atoms with Crippen LogP contribution in [0.15, 0.2) is 72.9 Å². The van der Waals surface area contributed by atoms with Gasteiger partial charge in [0.25, 0.3) is 5.91 Å². The number of nitrogens with one attached hydrogen (secondary N) is 1. The highest BCUT2D eigenvalue weighted by molar-refractivity contribution is 14.1. The molecule has 4 nitrogen and oxygen atoms in total. The van der Waals surface area contributed by atoms with Crippen molar-refractivity contribution in [3.05, 3.63) is 93.3 Å². The number of benzene rings is 2. The van der Waals surface area contributed by atoms with Crippen molar-refractivity contribution in [3.63, 3.8) is 0 Å². The minimum Gasteiger partial charge on any atom is -0.487 e. The molecular formula is C21H19IN2O2. The molecule has 0 aliphatic heterocycles. The summed E-state index contributed by atoms with van der Waals surface area (Å²) in [5, 5.41) is 3.02. The first-order chi connectivity index (χ1) is 12.6. The molecule has 1 unspecified atom stereocenters. The highest BCUT2D eigenvalue weighted by atomic mass is 127. The van der Waals surface area contributed by atoms with E-state index >= 15 is 0 Å². The number of hydrogen-bond donors (Lipinski definition) is 1. The van der Waals surface area contributed by atoms with Crippen LogP contribution in [0.5, 0.6) is 5.75 Å². The van der Waals surface area contributed by atoms with Gasteiger partial charge in [-0.1, -0.05) is 18.2 Å². The number of rotatable bonds is 6. The molecule has 5 heteroatoms. The molecule has 0 radical (unpaired) electrons. The third-order valence-corrected chi connectivity index (χ3v) is 4.64. The third kappa shape index (κ3) is 5.05. The fourth-order valence-corrected chi connectivity index (χ4v) is 2.84. The van der Waals surface area contributed by atoms with Gasteiger partial charge in [0, 0.05) is 15.3 Å². The summed E-state index contributed by atoms with van der Waals surface area (Å²) in [6.07, 6.45) is 1.75. The first-order valence-electron chi connectivity index (χ1n) is 8.31. The van der Waals surface area contributed by atoms with Crippen LogP contribution in [0, 0.1) is 3.57 Å². The summed E-state index contributed by atoms with van der Waals surface area (Å²) in [4.78, 5) is 16.6. The van der Waals surface area contributed by atoms with Gasteiger partial charge >= 0.3 is 0 Å². The van der Waals surface area contributed by atoms with Crippen LogP contribution in [0.4, 0.5) is 0 Å². The van der Waals surface area contributed by atoms with E-state index in [2.05, 4.69) is 32.9 Å². The summed E-state index contributed by atoms with van der Waals surface area (Å²) < 4.78 is 6.91. The van der Waals surface area contributed by atoms with Crippen molar-refractivity contribution in [3.8, 4) is 5.75 Å². The summed E-state index contributed by atoms with van der Waals surface area (Å²) >= 11 is 2.22. The molecule has 3 aromatic rings. The lowest BCUT2D eigenvalue weighted by atomic mass is 10.1. The van der Waals surface area contributed by atoms with Gasteiger partial charge in [-0.05, 0) is 83.6 Å². The Labute approximate surface area is 166 Å². The summed E-state index contributed by atoms with van der Waals surface area (Å²) in [7, 11) is 0. The Bertz CT molecular complexity index is 867. The second kappa shape index (κ2) is 8.80. The van der Waals surface area contributed by atoms with Gasteiger partial charge < -0.3 is 10.1 Å². The van der Waals surface area contributed by atoms with Crippen molar-refractivity contribution in [1.29, 1.82) is 0 Å². The van der Waals surface area contributed by atoms with Gasteiger partial charge in [0.05, 0.1) is 11.7 Å². The van der Waals surface area contributed by atoms with Gasteiger partial charge in [-0.3, -0.25) is 9.78 Å². The second-order valence-corrected chi connectivity index (χ2v) is 7.13. The summed E-state index contributed by atoms with van der Waals surface area (Å²) in [5.74, 6) is 0.664. The van der Waals surface area contributed by atoms with Crippen LogP contribution in [0.1, 0.15) is 34.6 Å². The molecule has 1 amide bonds.